The summed E-state index contributed by atoms with van der Waals surface area (Å²) in [6.07, 6.45) is 2.98. The highest BCUT2D eigenvalue weighted by molar-refractivity contribution is 5.49. The van der Waals surface area contributed by atoms with Crippen LogP contribution in [0.2, 0.25) is 0 Å². The van der Waals surface area contributed by atoms with Crippen LogP contribution in [0.1, 0.15) is 23.6 Å². The quantitative estimate of drug-likeness (QED) is 0.788. The maximum atomic E-state index is 4.50. The standard InChI is InChI=1S/C16H18N4/c1-3-13-6-8-14(9-7-13)11-17-16-18-15-12(2)5-4-10-20(15)19-16/h4-10H,3,11H2,1-2H3,(H,17,19). The minimum atomic E-state index is 0.666. The van der Waals surface area contributed by atoms with Crippen LogP contribution in [0.15, 0.2) is 42.6 Å². The van der Waals surface area contributed by atoms with E-state index in [1.165, 1.54) is 11.1 Å². The second-order valence-corrected chi connectivity index (χ2v) is 4.92. The first-order valence-electron chi connectivity index (χ1n) is 6.90. The van der Waals surface area contributed by atoms with Gasteiger partial charge in [-0.2, -0.15) is 4.98 Å². The number of benzene rings is 1. The van der Waals surface area contributed by atoms with Crippen LogP contribution >= 0.6 is 0 Å². The van der Waals surface area contributed by atoms with Crippen LogP contribution in [0.4, 0.5) is 5.95 Å². The Morgan fingerprint density at radius 1 is 1.10 bits per heavy atom. The first-order valence-corrected chi connectivity index (χ1v) is 6.90. The number of aryl methyl sites for hydroxylation is 2. The van der Waals surface area contributed by atoms with Gasteiger partial charge in [0.15, 0.2) is 5.65 Å². The second-order valence-electron chi connectivity index (χ2n) is 4.92. The molecule has 0 bridgehead atoms. The van der Waals surface area contributed by atoms with Gasteiger partial charge in [-0.3, -0.25) is 0 Å². The van der Waals surface area contributed by atoms with Crippen LogP contribution in [0.5, 0.6) is 0 Å². The number of hydrogen-bond acceptors (Lipinski definition) is 3. The van der Waals surface area contributed by atoms with Crippen LogP contribution in [0.3, 0.4) is 0 Å². The van der Waals surface area contributed by atoms with Crippen molar-refractivity contribution in [3.05, 3.63) is 59.3 Å². The number of fused-ring (bicyclic) bond motifs is 1. The lowest BCUT2D eigenvalue weighted by Gasteiger charge is -2.03. The molecule has 0 saturated heterocycles. The summed E-state index contributed by atoms with van der Waals surface area (Å²) in [5.74, 6) is 0.666. The lowest BCUT2D eigenvalue weighted by molar-refractivity contribution is 0.946. The third kappa shape index (κ3) is 2.50. The van der Waals surface area contributed by atoms with Crippen molar-refractivity contribution < 1.29 is 0 Å². The molecule has 3 aromatic rings. The summed E-state index contributed by atoms with van der Waals surface area (Å²) in [6, 6.07) is 12.6. The van der Waals surface area contributed by atoms with Crippen LogP contribution in [-0.4, -0.2) is 14.6 Å². The zero-order chi connectivity index (χ0) is 13.9. The Labute approximate surface area is 118 Å². The van der Waals surface area contributed by atoms with E-state index < -0.39 is 0 Å². The number of anilines is 1. The topological polar surface area (TPSA) is 42.2 Å². The number of nitrogens with zero attached hydrogens (tertiary/aromatic N) is 3. The lowest BCUT2D eigenvalue weighted by Crippen LogP contribution is -2.01. The molecule has 1 N–H and O–H groups in total. The minimum absolute atomic E-state index is 0.666. The van der Waals surface area contributed by atoms with Crippen molar-refractivity contribution in [2.24, 2.45) is 0 Å². The van der Waals surface area contributed by atoms with Crippen LogP contribution in [0, 0.1) is 6.92 Å². The Morgan fingerprint density at radius 2 is 1.85 bits per heavy atom. The molecule has 0 unspecified atom stereocenters. The highest BCUT2D eigenvalue weighted by atomic mass is 15.3. The second kappa shape index (κ2) is 5.33. The third-order valence-electron chi connectivity index (χ3n) is 3.44. The fourth-order valence-corrected chi connectivity index (χ4v) is 2.19. The molecule has 2 aromatic heterocycles. The monoisotopic (exact) mass is 266 g/mol. The Hall–Kier alpha value is -2.36. The Morgan fingerprint density at radius 3 is 2.55 bits per heavy atom. The average Bonchev–Trinajstić information content (AvgIpc) is 2.90. The van der Waals surface area contributed by atoms with Gasteiger partial charge in [-0.1, -0.05) is 37.3 Å². The van der Waals surface area contributed by atoms with Gasteiger partial charge in [-0.15, -0.1) is 5.10 Å². The van der Waals surface area contributed by atoms with Crippen LogP contribution in [-0.2, 0) is 13.0 Å². The van der Waals surface area contributed by atoms with Gasteiger partial charge in [0, 0.05) is 12.7 Å². The Kier molecular flexibility index (Phi) is 3.37. The minimum Gasteiger partial charge on any atom is -0.349 e. The fourth-order valence-electron chi connectivity index (χ4n) is 2.19. The number of pyridine rings is 1. The zero-order valence-corrected chi connectivity index (χ0v) is 11.8. The van der Waals surface area contributed by atoms with Crippen LogP contribution < -0.4 is 5.32 Å². The molecule has 0 fully saturated rings. The van der Waals surface area contributed by atoms with E-state index in [2.05, 4.69) is 46.6 Å². The Bertz CT molecular complexity index is 713. The van der Waals surface area contributed by atoms with E-state index in [1.54, 1.807) is 4.52 Å². The molecule has 0 aliphatic heterocycles. The van der Waals surface area contributed by atoms with E-state index in [9.17, 15) is 0 Å². The summed E-state index contributed by atoms with van der Waals surface area (Å²) in [5, 5.41) is 7.69. The van der Waals surface area contributed by atoms with E-state index in [0.717, 1.165) is 24.2 Å². The normalized spacial score (nSPS) is 10.9. The first-order chi connectivity index (χ1) is 9.76. The molecule has 0 atom stereocenters. The number of hydrogen-bond donors (Lipinski definition) is 1. The van der Waals surface area contributed by atoms with Gasteiger partial charge in [0.2, 0.25) is 5.95 Å². The van der Waals surface area contributed by atoms with Gasteiger partial charge in [0.05, 0.1) is 0 Å². The van der Waals surface area contributed by atoms with Crippen LogP contribution in [0.25, 0.3) is 5.65 Å². The molecule has 20 heavy (non-hydrogen) atoms. The van der Waals surface area contributed by atoms with Crippen molar-refractivity contribution in [3.8, 4) is 0 Å². The molecule has 2 heterocycles. The van der Waals surface area contributed by atoms with Gasteiger partial charge in [0.1, 0.15) is 0 Å². The highest BCUT2D eigenvalue weighted by Crippen LogP contribution is 2.11. The Balaban J connectivity index is 1.74. The molecule has 4 nitrogen and oxygen atoms in total. The molecule has 0 radical (unpaired) electrons. The smallest absolute Gasteiger partial charge is 0.243 e. The van der Waals surface area contributed by atoms with Gasteiger partial charge in [0.25, 0.3) is 0 Å². The van der Waals surface area contributed by atoms with Gasteiger partial charge in [-0.05, 0) is 36.1 Å². The van der Waals surface area contributed by atoms with E-state index in [0.29, 0.717) is 5.95 Å². The predicted octanol–water partition coefficient (Wildman–Crippen LogP) is 3.21. The molecule has 0 aliphatic rings. The van der Waals surface area contributed by atoms with E-state index in [4.69, 9.17) is 0 Å². The maximum Gasteiger partial charge on any atom is 0.243 e. The van der Waals surface area contributed by atoms with Crippen molar-refractivity contribution >= 4 is 11.6 Å². The van der Waals surface area contributed by atoms with E-state index >= 15 is 0 Å². The summed E-state index contributed by atoms with van der Waals surface area (Å²) >= 11 is 0. The summed E-state index contributed by atoms with van der Waals surface area (Å²) in [7, 11) is 0. The van der Waals surface area contributed by atoms with Gasteiger partial charge in [-0.25, -0.2) is 4.52 Å². The molecule has 102 valence electrons. The molecule has 3 rings (SSSR count). The SMILES string of the molecule is CCc1ccc(CNc2nc3c(C)cccn3n2)cc1. The molecular formula is C16H18N4. The summed E-state index contributed by atoms with van der Waals surface area (Å²) in [5.41, 5.74) is 4.62. The maximum absolute atomic E-state index is 4.50. The largest absolute Gasteiger partial charge is 0.349 e. The molecule has 0 aliphatic carbocycles. The number of rotatable bonds is 4. The number of aromatic nitrogens is 3. The van der Waals surface area contributed by atoms with Crippen molar-refractivity contribution in [2.75, 3.05) is 5.32 Å². The molecule has 0 amide bonds. The highest BCUT2D eigenvalue weighted by Gasteiger charge is 2.04. The van der Waals surface area contributed by atoms with Crippen molar-refractivity contribution in [1.82, 2.24) is 14.6 Å². The lowest BCUT2D eigenvalue weighted by atomic mass is 10.1. The number of nitrogens with one attached hydrogen (secondary N) is 1. The average molecular weight is 266 g/mol. The molecule has 4 heteroatoms. The summed E-state index contributed by atoms with van der Waals surface area (Å²) < 4.78 is 1.80. The van der Waals surface area contributed by atoms with E-state index in [1.807, 2.05) is 25.3 Å². The predicted molar refractivity (Wildman–Crippen MR) is 80.9 cm³/mol. The molecule has 1 aromatic carbocycles. The van der Waals surface area contributed by atoms with Crippen molar-refractivity contribution in [1.29, 1.82) is 0 Å². The zero-order valence-electron chi connectivity index (χ0n) is 11.8. The molecule has 0 spiro atoms. The van der Waals surface area contributed by atoms with E-state index in [-0.39, 0.29) is 0 Å². The van der Waals surface area contributed by atoms with Crippen molar-refractivity contribution in [3.63, 3.8) is 0 Å². The first kappa shape index (κ1) is 12.7. The summed E-state index contributed by atoms with van der Waals surface area (Å²) in [6.45, 7) is 4.94. The van der Waals surface area contributed by atoms with Gasteiger partial charge < -0.3 is 5.32 Å². The molecule has 0 saturated carbocycles. The summed E-state index contributed by atoms with van der Waals surface area (Å²) in [4.78, 5) is 4.50. The fraction of sp³-hybridized carbons (Fsp3) is 0.250. The third-order valence-corrected chi connectivity index (χ3v) is 3.44. The van der Waals surface area contributed by atoms with Gasteiger partial charge >= 0.3 is 0 Å². The van der Waals surface area contributed by atoms with Crippen molar-refractivity contribution in [2.45, 2.75) is 26.8 Å². The molecular weight excluding hydrogens is 248 g/mol.